The van der Waals surface area contributed by atoms with E-state index >= 15 is 0 Å². The fourth-order valence-corrected chi connectivity index (χ4v) is 3.92. The second-order valence-electron chi connectivity index (χ2n) is 7.01. The maximum atomic E-state index is 12.6. The van der Waals surface area contributed by atoms with Gasteiger partial charge in [-0.25, -0.2) is 4.79 Å². The summed E-state index contributed by atoms with van der Waals surface area (Å²) in [5.41, 5.74) is 0. The van der Waals surface area contributed by atoms with Gasteiger partial charge in [-0.3, -0.25) is 0 Å². The first-order valence-electron chi connectivity index (χ1n) is 8.19. The van der Waals surface area contributed by atoms with E-state index < -0.39 is 0 Å². The molecule has 1 aliphatic rings. The van der Waals surface area contributed by atoms with E-state index in [1.807, 2.05) is 4.90 Å². The standard InChI is InChI=1S/C17H29N3OS/c1-13(2)10-15(16-6-5-9-22-16)18-17(21)20-8-7-14(12-20)11-19(3)4/h5-6,9,13-15H,7-8,10-12H2,1-4H3,(H,18,21)/t14-,15+/m0/s1. The maximum absolute atomic E-state index is 12.6. The lowest BCUT2D eigenvalue weighted by Gasteiger charge is -2.24. The van der Waals surface area contributed by atoms with Crippen LogP contribution < -0.4 is 5.32 Å². The average Bonchev–Trinajstić information content (AvgIpc) is 3.07. The van der Waals surface area contributed by atoms with Crippen molar-refractivity contribution in [1.82, 2.24) is 15.1 Å². The van der Waals surface area contributed by atoms with Crippen LogP contribution >= 0.6 is 11.3 Å². The first-order valence-corrected chi connectivity index (χ1v) is 9.07. The van der Waals surface area contributed by atoms with Crippen LogP contribution in [0, 0.1) is 11.8 Å². The predicted molar refractivity (Wildman–Crippen MR) is 93.3 cm³/mol. The van der Waals surface area contributed by atoms with Gasteiger partial charge in [-0.1, -0.05) is 19.9 Å². The highest BCUT2D eigenvalue weighted by Crippen LogP contribution is 2.26. The van der Waals surface area contributed by atoms with Gasteiger partial charge >= 0.3 is 6.03 Å². The molecule has 0 spiro atoms. The zero-order chi connectivity index (χ0) is 16.1. The van der Waals surface area contributed by atoms with Crippen molar-refractivity contribution in [1.29, 1.82) is 0 Å². The molecule has 0 aliphatic carbocycles. The Balaban J connectivity index is 1.91. The number of hydrogen-bond acceptors (Lipinski definition) is 3. The molecular weight excluding hydrogens is 294 g/mol. The zero-order valence-corrected chi connectivity index (χ0v) is 15.0. The lowest BCUT2D eigenvalue weighted by atomic mass is 10.0. The normalized spacial score (nSPS) is 19.9. The summed E-state index contributed by atoms with van der Waals surface area (Å²) in [4.78, 5) is 18.0. The molecule has 0 saturated carbocycles. The molecule has 0 bridgehead atoms. The van der Waals surface area contributed by atoms with Crippen LogP contribution in [0.15, 0.2) is 17.5 Å². The molecule has 0 aromatic carbocycles. The van der Waals surface area contributed by atoms with E-state index in [2.05, 4.69) is 55.7 Å². The number of carbonyl (C=O) groups is 1. The quantitative estimate of drug-likeness (QED) is 0.870. The first-order chi connectivity index (χ1) is 10.5. The van der Waals surface area contributed by atoms with E-state index in [1.54, 1.807) is 11.3 Å². The van der Waals surface area contributed by atoms with Crippen molar-refractivity contribution in [3.63, 3.8) is 0 Å². The minimum atomic E-state index is 0.0975. The van der Waals surface area contributed by atoms with Crippen molar-refractivity contribution in [3.8, 4) is 0 Å². The van der Waals surface area contributed by atoms with Crippen molar-refractivity contribution >= 4 is 17.4 Å². The summed E-state index contributed by atoms with van der Waals surface area (Å²) >= 11 is 1.73. The monoisotopic (exact) mass is 323 g/mol. The number of nitrogens with zero attached hydrogens (tertiary/aromatic N) is 2. The Labute approximate surface area is 138 Å². The third kappa shape index (κ3) is 4.99. The molecule has 5 heteroatoms. The number of urea groups is 1. The number of amides is 2. The number of hydrogen-bond donors (Lipinski definition) is 1. The Morgan fingerprint density at radius 1 is 1.50 bits per heavy atom. The Kier molecular flexibility index (Phi) is 6.26. The second-order valence-corrected chi connectivity index (χ2v) is 7.99. The molecule has 2 rings (SSSR count). The van der Waals surface area contributed by atoms with Crippen LogP contribution in [0.2, 0.25) is 0 Å². The lowest BCUT2D eigenvalue weighted by Crippen LogP contribution is -2.41. The first kappa shape index (κ1) is 17.3. The van der Waals surface area contributed by atoms with Gasteiger partial charge in [-0.15, -0.1) is 11.3 Å². The van der Waals surface area contributed by atoms with Gasteiger partial charge in [-0.05, 0) is 50.2 Å². The van der Waals surface area contributed by atoms with E-state index in [4.69, 9.17) is 0 Å². The third-order valence-electron chi connectivity index (χ3n) is 4.09. The van der Waals surface area contributed by atoms with Crippen LogP contribution in [0.4, 0.5) is 4.79 Å². The molecule has 4 nitrogen and oxygen atoms in total. The van der Waals surface area contributed by atoms with Crippen LogP contribution in [-0.2, 0) is 0 Å². The highest BCUT2D eigenvalue weighted by molar-refractivity contribution is 7.10. The fraction of sp³-hybridized carbons (Fsp3) is 0.706. The molecule has 0 radical (unpaired) electrons. The molecule has 1 N–H and O–H groups in total. The predicted octanol–water partition coefficient (Wildman–Crippen LogP) is 3.43. The van der Waals surface area contributed by atoms with E-state index in [9.17, 15) is 4.79 Å². The van der Waals surface area contributed by atoms with Crippen LogP contribution in [0.1, 0.15) is 37.6 Å². The molecule has 2 amide bonds. The lowest BCUT2D eigenvalue weighted by molar-refractivity contribution is 0.199. The number of carbonyl (C=O) groups excluding carboxylic acids is 1. The summed E-state index contributed by atoms with van der Waals surface area (Å²) in [5.74, 6) is 1.17. The molecule has 1 aromatic rings. The molecule has 1 aliphatic heterocycles. The van der Waals surface area contributed by atoms with E-state index in [0.29, 0.717) is 11.8 Å². The number of nitrogens with one attached hydrogen (secondary N) is 1. The molecule has 2 heterocycles. The summed E-state index contributed by atoms with van der Waals surface area (Å²) in [7, 11) is 4.19. The van der Waals surface area contributed by atoms with Gasteiger partial charge in [0, 0.05) is 24.5 Å². The molecule has 1 fully saturated rings. The summed E-state index contributed by atoms with van der Waals surface area (Å²) in [6.07, 6.45) is 2.10. The van der Waals surface area contributed by atoms with Gasteiger partial charge in [0.05, 0.1) is 6.04 Å². The summed E-state index contributed by atoms with van der Waals surface area (Å²) in [5, 5.41) is 5.33. The van der Waals surface area contributed by atoms with Gasteiger partial charge in [0.1, 0.15) is 0 Å². The van der Waals surface area contributed by atoms with Gasteiger partial charge < -0.3 is 15.1 Å². The minimum absolute atomic E-state index is 0.0975. The molecule has 2 atom stereocenters. The van der Waals surface area contributed by atoms with Crippen molar-refractivity contribution < 1.29 is 4.79 Å². The van der Waals surface area contributed by atoms with Crippen molar-refractivity contribution in [2.75, 3.05) is 33.7 Å². The van der Waals surface area contributed by atoms with Crippen LogP contribution in [0.25, 0.3) is 0 Å². The smallest absolute Gasteiger partial charge is 0.317 e. The molecule has 22 heavy (non-hydrogen) atoms. The summed E-state index contributed by atoms with van der Waals surface area (Å²) in [6, 6.07) is 4.42. The number of likely N-dealkylation sites (tertiary alicyclic amines) is 1. The Hall–Kier alpha value is -1.07. The SMILES string of the molecule is CC(C)C[C@@H](NC(=O)N1CC[C@@H](CN(C)C)C1)c1cccs1. The molecule has 1 saturated heterocycles. The summed E-state index contributed by atoms with van der Waals surface area (Å²) < 4.78 is 0. The van der Waals surface area contributed by atoms with Crippen LogP contribution in [-0.4, -0.2) is 49.6 Å². The van der Waals surface area contributed by atoms with E-state index in [1.165, 1.54) is 4.88 Å². The second kappa shape index (κ2) is 7.97. The molecule has 0 unspecified atom stereocenters. The number of thiophene rings is 1. The average molecular weight is 324 g/mol. The van der Waals surface area contributed by atoms with E-state index in [-0.39, 0.29) is 12.1 Å². The zero-order valence-electron chi connectivity index (χ0n) is 14.2. The fourth-order valence-electron chi connectivity index (χ4n) is 3.13. The van der Waals surface area contributed by atoms with Crippen molar-refractivity contribution in [3.05, 3.63) is 22.4 Å². The molecule has 124 valence electrons. The van der Waals surface area contributed by atoms with Crippen molar-refractivity contribution in [2.45, 2.75) is 32.7 Å². The maximum Gasteiger partial charge on any atom is 0.317 e. The van der Waals surface area contributed by atoms with Gasteiger partial charge in [-0.2, -0.15) is 0 Å². The Bertz CT molecular complexity index is 458. The van der Waals surface area contributed by atoms with Gasteiger partial charge in [0.2, 0.25) is 0 Å². The molecular formula is C17H29N3OS. The third-order valence-corrected chi connectivity index (χ3v) is 5.07. The molecule has 1 aromatic heterocycles. The topological polar surface area (TPSA) is 35.6 Å². The highest BCUT2D eigenvalue weighted by atomic mass is 32.1. The van der Waals surface area contributed by atoms with Crippen LogP contribution in [0.3, 0.4) is 0 Å². The summed E-state index contributed by atoms with van der Waals surface area (Å²) in [6.45, 7) is 7.22. The minimum Gasteiger partial charge on any atom is -0.330 e. The van der Waals surface area contributed by atoms with Gasteiger partial charge in [0.15, 0.2) is 0 Å². The van der Waals surface area contributed by atoms with E-state index in [0.717, 1.165) is 32.5 Å². The highest BCUT2D eigenvalue weighted by Gasteiger charge is 2.28. The van der Waals surface area contributed by atoms with Gasteiger partial charge in [0.25, 0.3) is 0 Å². The largest absolute Gasteiger partial charge is 0.330 e. The Morgan fingerprint density at radius 2 is 2.27 bits per heavy atom. The van der Waals surface area contributed by atoms with Crippen molar-refractivity contribution in [2.24, 2.45) is 11.8 Å². The number of rotatable bonds is 6. The van der Waals surface area contributed by atoms with Crippen LogP contribution in [0.5, 0.6) is 0 Å². The Morgan fingerprint density at radius 3 is 2.86 bits per heavy atom.